The highest BCUT2D eigenvalue weighted by atomic mass is 35.5. The summed E-state index contributed by atoms with van der Waals surface area (Å²) in [6, 6.07) is 14.3. The quantitative estimate of drug-likeness (QED) is 0.935. The molecule has 21 heavy (non-hydrogen) atoms. The van der Waals surface area contributed by atoms with Crippen molar-refractivity contribution in [1.82, 2.24) is 5.32 Å². The third-order valence-electron chi connectivity index (χ3n) is 3.28. The summed E-state index contributed by atoms with van der Waals surface area (Å²) in [4.78, 5) is 23.1. The highest BCUT2D eigenvalue weighted by Crippen LogP contribution is 2.21. The number of ketones is 1. The number of amides is 1. The van der Waals surface area contributed by atoms with E-state index in [1.165, 1.54) is 6.92 Å². The molecule has 1 atom stereocenters. The predicted octanol–water partition coefficient (Wildman–Crippen LogP) is 3.71. The molecule has 1 N–H and O–H groups in total. The Hall–Kier alpha value is -2.13. The van der Waals surface area contributed by atoms with Crippen LogP contribution in [0.15, 0.2) is 48.5 Å². The molecule has 0 unspecified atom stereocenters. The van der Waals surface area contributed by atoms with Crippen LogP contribution in [0.3, 0.4) is 0 Å². The monoisotopic (exact) mass is 301 g/mol. The zero-order valence-electron chi connectivity index (χ0n) is 11.9. The van der Waals surface area contributed by atoms with Crippen molar-refractivity contribution < 1.29 is 9.59 Å². The van der Waals surface area contributed by atoms with Crippen LogP contribution in [0.4, 0.5) is 0 Å². The topological polar surface area (TPSA) is 46.2 Å². The molecule has 4 heteroatoms. The van der Waals surface area contributed by atoms with Crippen LogP contribution in [-0.2, 0) is 4.79 Å². The van der Waals surface area contributed by atoms with Gasteiger partial charge in [-0.25, -0.2) is 0 Å². The fourth-order valence-corrected chi connectivity index (χ4v) is 1.96. The van der Waals surface area contributed by atoms with Gasteiger partial charge in [-0.15, -0.1) is 0 Å². The average Bonchev–Trinajstić information content (AvgIpc) is 2.48. The third-order valence-corrected chi connectivity index (χ3v) is 3.53. The summed E-state index contributed by atoms with van der Waals surface area (Å²) in [5.74, 6) is -0.318. The number of nitrogens with one attached hydrogen (secondary N) is 1. The lowest BCUT2D eigenvalue weighted by Crippen LogP contribution is -2.37. The summed E-state index contributed by atoms with van der Waals surface area (Å²) >= 11 is 5.86. The van der Waals surface area contributed by atoms with E-state index in [-0.39, 0.29) is 11.7 Å². The highest BCUT2D eigenvalue weighted by molar-refractivity contribution is 6.30. The Bertz CT molecular complexity index is 647. The van der Waals surface area contributed by atoms with Crippen molar-refractivity contribution in [1.29, 1.82) is 0 Å². The number of hydrogen-bond acceptors (Lipinski definition) is 2. The van der Waals surface area contributed by atoms with Gasteiger partial charge in [-0.05, 0) is 49.2 Å². The number of hydrogen-bond donors (Lipinski definition) is 1. The lowest BCUT2D eigenvalue weighted by molar-refractivity contribution is -0.118. The standard InChI is InChI=1S/C17H16ClNO2/c1-11(12(2)20)19-17(21)15-5-3-13(4-6-15)14-7-9-16(18)10-8-14/h3-11H,1-2H3,(H,19,21)/t11-/m0/s1. The van der Waals surface area contributed by atoms with Crippen molar-refractivity contribution in [2.24, 2.45) is 0 Å². The molecule has 1 amide bonds. The van der Waals surface area contributed by atoms with E-state index < -0.39 is 6.04 Å². The number of carbonyl (C=O) groups is 2. The third kappa shape index (κ3) is 3.92. The minimum Gasteiger partial charge on any atom is -0.343 e. The second-order valence-corrected chi connectivity index (χ2v) is 5.33. The van der Waals surface area contributed by atoms with Gasteiger partial charge in [0.15, 0.2) is 5.78 Å². The molecule has 3 nitrogen and oxygen atoms in total. The number of Topliss-reactive ketones (excluding diaryl/α,β-unsaturated/α-hetero) is 1. The van der Waals surface area contributed by atoms with Gasteiger partial charge in [-0.3, -0.25) is 9.59 Å². The molecule has 2 aromatic carbocycles. The van der Waals surface area contributed by atoms with E-state index in [0.29, 0.717) is 10.6 Å². The van der Waals surface area contributed by atoms with E-state index in [1.54, 1.807) is 19.1 Å². The van der Waals surface area contributed by atoms with Crippen molar-refractivity contribution >= 4 is 23.3 Å². The zero-order valence-corrected chi connectivity index (χ0v) is 12.6. The van der Waals surface area contributed by atoms with Gasteiger partial charge in [-0.1, -0.05) is 35.9 Å². The summed E-state index contributed by atoms with van der Waals surface area (Å²) in [6.07, 6.45) is 0. The minimum atomic E-state index is -0.478. The maximum absolute atomic E-state index is 12.0. The molecule has 0 aromatic heterocycles. The van der Waals surface area contributed by atoms with Crippen LogP contribution in [0.25, 0.3) is 11.1 Å². The lowest BCUT2D eigenvalue weighted by Gasteiger charge is -2.10. The number of benzene rings is 2. The van der Waals surface area contributed by atoms with Gasteiger partial charge in [0.2, 0.25) is 0 Å². The fourth-order valence-electron chi connectivity index (χ4n) is 1.84. The smallest absolute Gasteiger partial charge is 0.251 e. The van der Waals surface area contributed by atoms with Crippen LogP contribution in [-0.4, -0.2) is 17.7 Å². The molecular formula is C17H16ClNO2. The zero-order chi connectivity index (χ0) is 15.4. The Morgan fingerprint density at radius 2 is 1.43 bits per heavy atom. The van der Waals surface area contributed by atoms with Crippen LogP contribution >= 0.6 is 11.6 Å². The van der Waals surface area contributed by atoms with Crippen LogP contribution in [0.1, 0.15) is 24.2 Å². The van der Waals surface area contributed by atoms with Crippen LogP contribution in [0.5, 0.6) is 0 Å². The number of rotatable bonds is 4. The second-order valence-electron chi connectivity index (χ2n) is 4.89. The van der Waals surface area contributed by atoms with E-state index >= 15 is 0 Å². The van der Waals surface area contributed by atoms with Gasteiger partial charge in [0.25, 0.3) is 5.91 Å². The lowest BCUT2D eigenvalue weighted by atomic mass is 10.0. The van der Waals surface area contributed by atoms with Gasteiger partial charge in [0.1, 0.15) is 0 Å². The molecule has 0 spiro atoms. The predicted molar refractivity (Wildman–Crippen MR) is 84.5 cm³/mol. The Labute approximate surface area is 128 Å². The summed E-state index contributed by atoms with van der Waals surface area (Å²) < 4.78 is 0. The van der Waals surface area contributed by atoms with Crippen molar-refractivity contribution in [2.75, 3.05) is 0 Å². The molecule has 0 radical (unpaired) electrons. The molecule has 0 saturated carbocycles. The van der Waals surface area contributed by atoms with E-state index in [0.717, 1.165) is 11.1 Å². The van der Waals surface area contributed by atoms with Gasteiger partial charge in [-0.2, -0.15) is 0 Å². The van der Waals surface area contributed by atoms with Gasteiger partial charge >= 0.3 is 0 Å². The van der Waals surface area contributed by atoms with Crippen molar-refractivity contribution in [3.8, 4) is 11.1 Å². The van der Waals surface area contributed by atoms with Gasteiger partial charge < -0.3 is 5.32 Å². The second kappa shape index (κ2) is 6.55. The molecule has 108 valence electrons. The summed E-state index contributed by atoms with van der Waals surface area (Å²) in [7, 11) is 0. The van der Waals surface area contributed by atoms with Crippen molar-refractivity contribution in [3.63, 3.8) is 0 Å². The first-order valence-corrected chi connectivity index (χ1v) is 7.02. The molecule has 0 saturated heterocycles. The van der Waals surface area contributed by atoms with E-state index in [1.807, 2.05) is 36.4 Å². The average molecular weight is 302 g/mol. The summed E-state index contributed by atoms with van der Waals surface area (Å²) in [6.45, 7) is 3.12. The Kier molecular flexibility index (Phi) is 4.76. The Morgan fingerprint density at radius 3 is 1.90 bits per heavy atom. The first-order valence-electron chi connectivity index (χ1n) is 6.64. The molecule has 0 fully saturated rings. The van der Waals surface area contributed by atoms with Crippen molar-refractivity contribution in [2.45, 2.75) is 19.9 Å². The van der Waals surface area contributed by atoms with Gasteiger partial charge in [0.05, 0.1) is 6.04 Å². The Morgan fingerprint density at radius 1 is 0.952 bits per heavy atom. The van der Waals surface area contributed by atoms with Crippen LogP contribution < -0.4 is 5.32 Å². The van der Waals surface area contributed by atoms with E-state index in [4.69, 9.17) is 11.6 Å². The van der Waals surface area contributed by atoms with Crippen LogP contribution in [0, 0.1) is 0 Å². The minimum absolute atomic E-state index is 0.0684. The maximum Gasteiger partial charge on any atom is 0.251 e. The molecule has 0 bridgehead atoms. The largest absolute Gasteiger partial charge is 0.343 e. The molecule has 2 aromatic rings. The number of halogens is 1. The van der Waals surface area contributed by atoms with E-state index in [9.17, 15) is 9.59 Å². The van der Waals surface area contributed by atoms with Gasteiger partial charge in [0, 0.05) is 10.6 Å². The molecule has 0 aliphatic rings. The number of carbonyl (C=O) groups excluding carboxylic acids is 2. The molecule has 0 heterocycles. The molecule has 0 aliphatic heterocycles. The first kappa shape index (κ1) is 15.3. The molecule has 2 rings (SSSR count). The maximum atomic E-state index is 12.0. The normalized spacial score (nSPS) is 11.8. The fraction of sp³-hybridized carbons (Fsp3) is 0.176. The highest BCUT2D eigenvalue weighted by Gasteiger charge is 2.12. The SMILES string of the molecule is CC(=O)[C@H](C)NC(=O)c1ccc(-c2ccc(Cl)cc2)cc1. The summed E-state index contributed by atoms with van der Waals surface area (Å²) in [5, 5.41) is 3.34. The van der Waals surface area contributed by atoms with Crippen LogP contribution in [0.2, 0.25) is 5.02 Å². The van der Waals surface area contributed by atoms with E-state index in [2.05, 4.69) is 5.32 Å². The first-order chi connectivity index (χ1) is 9.97. The van der Waals surface area contributed by atoms with Crippen molar-refractivity contribution in [3.05, 3.63) is 59.1 Å². The molecular weight excluding hydrogens is 286 g/mol. The summed E-state index contributed by atoms with van der Waals surface area (Å²) in [5.41, 5.74) is 2.56. The Balaban J connectivity index is 2.13. The molecule has 0 aliphatic carbocycles.